The highest BCUT2D eigenvalue weighted by Crippen LogP contribution is 2.39. The van der Waals surface area contributed by atoms with Crippen LogP contribution in [0, 0.1) is 0 Å². The molecule has 0 spiro atoms. The van der Waals surface area contributed by atoms with Crippen LogP contribution in [0.5, 0.6) is 0 Å². The predicted octanol–water partition coefficient (Wildman–Crippen LogP) is 7.41. The van der Waals surface area contributed by atoms with Crippen LogP contribution in [-0.4, -0.2) is 40.6 Å². The van der Waals surface area contributed by atoms with E-state index in [0.29, 0.717) is 12.1 Å². The molecule has 4 unspecified atom stereocenters. The molecule has 1 aromatic heterocycles. The molecule has 0 bridgehead atoms. The first-order valence-corrected chi connectivity index (χ1v) is 16.1. The van der Waals surface area contributed by atoms with Crippen molar-refractivity contribution in [3.63, 3.8) is 0 Å². The highest BCUT2D eigenvalue weighted by Gasteiger charge is 2.33. The third kappa shape index (κ3) is 8.02. The average Bonchev–Trinajstić information content (AvgIpc) is 3.14. The highest BCUT2D eigenvalue weighted by molar-refractivity contribution is 5.93. The number of likely N-dealkylation sites (N-methyl/N-ethyl adjacent to an activating group) is 1. The van der Waals surface area contributed by atoms with Gasteiger partial charge in [0.1, 0.15) is 0 Å². The van der Waals surface area contributed by atoms with Crippen molar-refractivity contribution in [3.05, 3.63) is 161 Å². The smallest absolute Gasteiger partial charge is 0.253 e. The van der Waals surface area contributed by atoms with Gasteiger partial charge >= 0.3 is 0 Å². The molecule has 0 aliphatic carbocycles. The topological polar surface area (TPSA) is 83.9 Å². The Hall–Kier alpha value is -4.66. The molecule has 1 fully saturated rings. The largest absolute Gasteiger partial charge is 0.392 e. The highest BCUT2D eigenvalue weighted by atomic mass is 16.7. The van der Waals surface area contributed by atoms with E-state index in [-0.39, 0.29) is 30.8 Å². The first-order chi connectivity index (χ1) is 23.0. The lowest BCUT2D eigenvalue weighted by atomic mass is 9.97. The number of nitrogens with one attached hydrogen (secondary N) is 1. The number of carbonyl (C=O) groups is 1. The van der Waals surface area contributed by atoms with Crippen LogP contribution in [0.4, 0.5) is 0 Å². The van der Waals surface area contributed by atoms with E-state index < -0.39 is 6.29 Å². The van der Waals surface area contributed by atoms with E-state index in [2.05, 4.69) is 83.8 Å². The summed E-state index contributed by atoms with van der Waals surface area (Å²) < 4.78 is 13.3. The lowest BCUT2D eigenvalue weighted by Crippen LogP contribution is -2.38. The maximum absolute atomic E-state index is 12.7. The van der Waals surface area contributed by atoms with Crippen molar-refractivity contribution < 1.29 is 19.4 Å². The number of aliphatic hydroxyl groups excluding tert-OH is 1. The number of aliphatic hydroxyl groups is 1. The molecule has 6 rings (SSSR count). The molecule has 4 aromatic carbocycles. The maximum Gasteiger partial charge on any atom is 0.253 e. The van der Waals surface area contributed by atoms with Gasteiger partial charge in [0.05, 0.1) is 24.4 Å². The average molecular weight is 628 g/mol. The summed E-state index contributed by atoms with van der Waals surface area (Å²) in [5.41, 5.74) is 7.79. The number of amides is 1. The van der Waals surface area contributed by atoms with Gasteiger partial charge in [-0.3, -0.25) is 14.7 Å². The summed E-state index contributed by atoms with van der Waals surface area (Å²) in [6.07, 6.45) is 3.18. The summed E-state index contributed by atoms with van der Waals surface area (Å²) in [6, 6.07) is 38.6. The quantitative estimate of drug-likeness (QED) is 0.159. The molecular weight excluding hydrogens is 586 g/mol. The number of ether oxygens (including phenoxy) is 2. The summed E-state index contributed by atoms with van der Waals surface area (Å²) in [4.78, 5) is 19.0. The van der Waals surface area contributed by atoms with Crippen molar-refractivity contribution in [2.24, 2.45) is 0 Å². The summed E-state index contributed by atoms with van der Waals surface area (Å²) in [7, 11) is 2.14. The first kappa shape index (κ1) is 32.3. The summed E-state index contributed by atoms with van der Waals surface area (Å²) in [5, 5.41) is 12.6. The van der Waals surface area contributed by atoms with Gasteiger partial charge in [0.25, 0.3) is 5.91 Å². The van der Waals surface area contributed by atoms with Gasteiger partial charge in [-0.1, -0.05) is 103 Å². The second kappa shape index (κ2) is 15.3. The molecular formula is C40H41N3O4. The predicted molar refractivity (Wildman–Crippen MR) is 183 cm³/mol. The molecule has 7 heteroatoms. The number of nitrogens with zero attached hydrogens (tertiary/aromatic N) is 2. The second-order valence-corrected chi connectivity index (χ2v) is 12.1. The fraction of sp³-hybridized carbons (Fsp3) is 0.250. The van der Waals surface area contributed by atoms with Gasteiger partial charge in [0.2, 0.25) is 0 Å². The van der Waals surface area contributed by atoms with Crippen LogP contribution < -0.4 is 5.32 Å². The molecule has 0 saturated carbocycles. The van der Waals surface area contributed by atoms with Gasteiger partial charge in [-0.2, -0.15) is 0 Å². The minimum Gasteiger partial charge on any atom is -0.392 e. The molecule has 47 heavy (non-hydrogen) atoms. The van der Waals surface area contributed by atoms with Gasteiger partial charge in [0, 0.05) is 43.5 Å². The van der Waals surface area contributed by atoms with Crippen molar-refractivity contribution in [2.75, 3.05) is 13.6 Å². The van der Waals surface area contributed by atoms with E-state index in [9.17, 15) is 9.90 Å². The van der Waals surface area contributed by atoms with E-state index in [1.54, 1.807) is 24.5 Å². The molecule has 1 amide bonds. The minimum atomic E-state index is -0.542. The van der Waals surface area contributed by atoms with Crippen LogP contribution in [-0.2, 0) is 22.6 Å². The standard InChI is InChI=1S/C40H41N3O4/c1-28(30-9-4-3-5-10-30)43(2)26-36-23-38(32-16-14-29(27-44)15-17-32)47-40(46-36)33-20-18-31(19-21-33)37-13-7-6-11-34(37)25-42-39(45)35-12-8-22-41-24-35/h3-22,24,28,36,38,40,44H,23,25-27H2,1-2H3,(H,42,45). The van der Waals surface area contributed by atoms with Crippen LogP contribution in [0.25, 0.3) is 11.1 Å². The Labute approximate surface area is 276 Å². The second-order valence-electron chi connectivity index (χ2n) is 12.1. The number of hydrogen-bond acceptors (Lipinski definition) is 6. The number of pyridine rings is 1. The van der Waals surface area contributed by atoms with Crippen molar-refractivity contribution in [3.8, 4) is 11.1 Å². The number of benzene rings is 4. The van der Waals surface area contributed by atoms with Crippen molar-refractivity contribution in [1.82, 2.24) is 15.2 Å². The maximum atomic E-state index is 12.7. The molecule has 7 nitrogen and oxygen atoms in total. The Bertz CT molecular complexity index is 1730. The number of aromatic nitrogens is 1. The number of rotatable bonds is 11. The van der Waals surface area contributed by atoms with Crippen molar-refractivity contribution >= 4 is 5.91 Å². The normalized spacial score (nSPS) is 18.5. The van der Waals surface area contributed by atoms with Crippen LogP contribution in [0.2, 0.25) is 0 Å². The van der Waals surface area contributed by atoms with Crippen LogP contribution in [0.15, 0.2) is 128 Å². The van der Waals surface area contributed by atoms with E-state index in [0.717, 1.165) is 46.3 Å². The Morgan fingerprint density at radius 2 is 1.62 bits per heavy atom. The summed E-state index contributed by atoms with van der Waals surface area (Å²) in [5.74, 6) is -0.159. The number of hydrogen-bond donors (Lipinski definition) is 2. The van der Waals surface area contributed by atoms with E-state index in [4.69, 9.17) is 9.47 Å². The lowest BCUT2D eigenvalue weighted by molar-refractivity contribution is -0.253. The monoisotopic (exact) mass is 627 g/mol. The Kier molecular flexibility index (Phi) is 10.5. The molecule has 2 heterocycles. The third-order valence-corrected chi connectivity index (χ3v) is 8.92. The van der Waals surface area contributed by atoms with Gasteiger partial charge in [-0.15, -0.1) is 0 Å². The first-order valence-electron chi connectivity index (χ1n) is 16.1. The van der Waals surface area contributed by atoms with Crippen LogP contribution in [0.3, 0.4) is 0 Å². The molecule has 1 aliphatic heterocycles. The minimum absolute atomic E-state index is 0.00862. The van der Waals surface area contributed by atoms with Gasteiger partial charge < -0.3 is 19.9 Å². The van der Waals surface area contributed by atoms with Crippen LogP contribution in [0.1, 0.15) is 70.0 Å². The molecule has 240 valence electrons. The summed E-state index contributed by atoms with van der Waals surface area (Å²) in [6.45, 7) is 3.37. The molecule has 0 radical (unpaired) electrons. The van der Waals surface area contributed by atoms with E-state index in [1.165, 1.54) is 5.56 Å². The zero-order chi connectivity index (χ0) is 32.6. The molecule has 5 aromatic rings. The Morgan fingerprint density at radius 1 is 0.894 bits per heavy atom. The van der Waals surface area contributed by atoms with Crippen molar-refractivity contribution in [2.45, 2.75) is 51.0 Å². The molecule has 2 N–H and O–H groups in total. The Balaban J connectivity index is 1.20. The van der Waals surface area contributed by atoms with Crippen LogP contribution >= 0.6 is 0 Å². The third-order valence-electron chi connectivity index (χ3n) is 8.92. The molecule has 1 saturated heterocycles. The van der Waals surface area contributed by atoms with Gasteiger partial charge in [0.15, 0.2) is 6.29 Å². The fourth-order valence-electron chi connectivity index (χ4n) is 6.05. The lowest BCUT2D eigenvalue weighted by Gasteiger charge is -2.39. The number of carbonyl (C=O) groups excluding carboxylic acids is 1. The zero-order valence-corrected chi connectivity index (χ0v) is 26.8. The fourth-order valence-corrected chi connectivity index (χ4v) is 6.05. The van der Waals surface area contributed by atoms with E-state index >= 15 is 0 Å². The molecule has 1 aliphatic rings. The van der Waals surface area contributed by atoms with E-state index in [1.807, 2.05) is 48.5 Å². The zero-order valence-electron chi connectivity index (χ0n) is 26.8. The summed E-state index contributed by atoms with van der Waals surface area (Å²) >= 11 is 0. The SMILES string of the molecule is CC(c1ccccc1)N(C)CC1CC(c2ccc(CO)cc2)OC(c2ccc(-c3ccccc3CNC(=O)c3cccnc3)cc2)O1. The van der Waals surface area contributed by atoms with Gasteiger partial charge in [-0.25, -0.2) is 0 Å². The molecule has 4 atom stereocenters. The Morgan fingerprint density at radius 3 is 2.34 bits per heavy atom. The van der Waals surface area contributed by atoms with Crippen molar-refractivity contribution in [1.29, 1.82) is 0 Å². The van der Waals surface area contributed by atoms with Gasteiger partial charge in [-0.05, 0) is 59.5 Å².